The van der Waals surface area contributed by atoms with Crippen LogP contribution in [0.4, 0.5) is 0 Å². The van der Waals surface area contributed by atoms with E-state index in [2.05, 4.69) is 21.5 Å². The molecule has 0 aliphatic carbocycles. The van der Waals surface area contributed by atoms with Crippen molar-refractivity contribution in [1.82, 2.24) is 15.0 Å². The molecule has 0 aromatic carbocycles. The van der Waals surface area contributed by atoms with Crippen molar-refractivity contribution in [2.75, 3.05) is 14.1 Å². The van der Waals surface area contributed by atoms with E-state index in [1.807, 2.05) is 13.0 Å². The van der Waals surface area contributed by atoms with Gasteiger partial charge in [0.05, 0.1) is 0 Å². The first-order valence-corrected chi connectivity index (χ1v) is 5.84. The molecule has 6 heteroatoms. The second-order valence-corrected chi connectivity index (χ2v) is 3.99. The van der Waals surface area contributed by atoms with Crippen molar-refractivity contribution in [3.63, 3.8) is 0 Å². The summed E-state index contributed by atoms with van der Waals surface area (Å²) in [5.41, 5.74) is 1.47. The van der Waals surface area contributed by atoms with E-state index >= 15 is 0 Å². The van der Waals surface area contributed by atoms with Crippen molar-refractivity contribution in [2.45, 2.75) is 13.8 Å². The number of hydrogen-bond acceptors (Lipinski definition) is 3. The zero-order valence-corrected chi connectivity index (χ0v) is 11.7. The number of aryl methyl sites for hydroxylation is 1. The Morgan fingerprint density at radius 3 is 2.63 bits per heavy atom. The minimum Gasteiger partial charge on any atom is -0.357 e. The molecule has 0 unspecified atom stereocenters. The molecule has 1 heterocycles. The van der Waals surface area contributed by atoms with E-state index in [1.54, 1.807) is 38.4 Å². The molecule has 0 saturated carbocycles. The van der Waals surface area contributed by atoms with Crippen molar-refractivity contribution >= 4 is 18.5 Å². The number of hydrazine groups is 1. The number of aromatic amines is 1. The summed E-state index contributed by atoms with van der Waals surface area (Å²) < 4.78 is 0. The SMILES string of the molecule is C=C(/N=C\C)/N=C\N(C)N(C)C(=O)c1[nH]ccc1C. The van der Waals surface area contributed by atoms with Gasteiger partial charge in [-0.05, 0) is 25.5 Å². The first kappa shape index (κ1) is 14.7. The van der Waals surface area contributed by atoms with Crippen LogP contribution in [0.3, 0.4) is 0 Å². The molecule has 0 atom stereocenters. The Kier molecular flexibility index (Phi) is 5.05. The van der Waals surface area contributed by atoms with E-state index in [-0.39, 0.29) is 5.91 Å². The molecule has 0 spiro atoms. The van der Waals surface area contributed by atoms with Crippen molar-refractivity contribution in [3.8, 4) is 0 Å². The number of aromatic nitrogens is 1. The summed E-state index contributed by atoms with van der Waals surface area (Å²) in [6, 6.07) is 1.85. The van der Waals surface area contributed by atoms with Gasteiger partial charge in [0.15, 0.2) is 0 Å². The van der Waals surface area contributed by atoms with E-state index in [1.165, 1.54) is 11.3 Å². The van der Waals surface area contributed by atoms with Crippen LogP contribution < -0.4 is 0 Å². The first-order chi connectivity index (χ1) is 8.97. The Bertz CT molecular complexity index is 515. The number of H-pyrrole nitrogens is 1. The third-order valence-corrected chi connectivity index (χ3v) is 2.59. The average molecular weight is 261 g/mol. The Balaban J connectivity index is 2.72. The minimum atomic E-state index is -0.138. The highest BCUT2D eigenvalue weighted by atomic mass is 16.2. The zero-order chi connectivity index (χ0) is 14.4. The maximum atomic E-state index is 12.2. The van der Waals surface area contributed by atoms with Crippen LogP contribution in [0, 0.1) is 6.92 Å². The van der Waals surface area contributed by atoms with Gasteiger partial charge in [0, 0.05) is 26.5 Å². The molecule has 1 aromatic rings. The molecule has 0 fully saturated rings. The average Bonchev–Trinajstić information content (AvgIpc) is 2.80. The summed E-state index contributed by atoms with van der Waals surface area (Å²) >= 11 is 0. The third kappa shape index (κ3) is 3.80. The minimum absolute atomic E-state index is 0.138. The number of carbonyl (C=O) groups excluding carboxylic acids is 1. The summed E-state index contributed by atoms with van der Waals surface area (Å²) in [7, 11) is 3.39. The highest BCUT2D eigenvalue weighted by Crippen LogP contribution is 2.08. The monoisotopic (exact) mass is 261 g/mol. The normalized spacial score (nSPS) is 11.2. The number of hydrogen-bond donors (Lipinski definition) is 1. The van der Waals surface area contributed by atoms with Crippen molar-refractivity contribution < 1.29 is 4.79 Å². The fourth-order valence-electron chi connectivity index (χ4n) is 1.39. The van der Waals surface area contributed by atoms with Gasteiger partial charge in [-0.3, -0.25) is 14.8 Å². The lowest BCUT2D eigenvalue weighted by atomic mass is 10.2. The topological polar surface area (TPSA) is 64.1 Å². The van der Waals surface area contributed by atoms with Crippen molar-refractivity contribution in [2.24, 2.45) is 9.98 Å². The van der Waals surface area contributed by atoms with Gasteiger partial charge >= 0.3 is 0 Å². The molecule has 0 radical (unpaired) electrons. The second-order valence-electron chi connectivity index (χ2n) is 3.99. The number of carbonyl (C=O) groups is 1. The quantitative estimate of drug-likeness (QED) is 0.499. The number of rotatable bonds is 5. The van der Waals surface area contributed by atoms with Gasteiger partial charge in [-0.2, -0.15) is 0 Å². The van der Waals surface area contributed by atoms with Gasteiger partial charge in [0.25, 0.3) is 5.91 Å². The predicted octanol–water partition coefficient (Wildman–Crippen LogP) is 1.83. The number of nitrogens with zero attached hydrogens (tertiary/aromatic N) is 4. The van der Waals surface area contributed by atoms with E-state index in [9.17, 15) is 4.79 Å². The Labute approximate surface area is 113 Å². The molecule has 0 bridgehead atoms. The number of amides is 1. The molecule has 1 aromatic heterocycles. The molecule has 6 nitrogen and oxygen atoms in total. The number of nitrogens with one attached hydrogen (secondary N) is 1. The smallest absolute Gasteiger partial charge is 0.288 e. The van der Waals surface area contributed by atoms with Gasteiger partial charge in [-0.15, -0.1) is 0 Å². The molecule has 0 aliphatic heterocycles. The Morgan fingerprint density at radius 2 is 2.11 bits per heavy atom. The fourth-order valence-corrected chi connectivity index (χ4v) is 1.39. The van der Waals surface area contributed by atoms with Gasteiger partial charge in [-0.25, -0.2) is 9.98 Å². The lowest BCUT2D eigenvalue weighted by molar-refractivity contribution is 0.0506. The maximum absolute atomic E-state index is 12.2. The zero-order valence-electron chi connectivity index (χ0n) is 11.7. The van der Waals surface area contributed by atoms with Crippen LogP contribution in [0.15, 0.2) is 34.6 Å². The molecule has 1 N–H and O–H groups in total. The molecule has 19 heavy (non-hydrogen) atoms. The maximum Gasteiger partial charge on any atom is 0.288 e. The molecular formula is C13H19N5O. The molecular weight excluding hydrogens is 242 g/mol. The van der Waals surface area contributed by atoms with E-state index < -0.39 is 0 Å². The molecule has 0 aliphatic rings. The highest BCUT2D eigenvalue weighted by molar-refractivity contribution is 5.94. The van der Waals surface area contributed by atoms with E-state index in [0.717, 1.165) is 5.56 Å². The Hall–Kier alpha value is -2.37. The van der Waals surface area contributed by atoms with Crippen LogP contribution in [0.2, 0.25) is 0 Å². The highest BCUT2D eigenvalue weighted by Gasteiger charge is 2.17. The van der Waals surface area contributed by atoms with Crippen LogP contribution in [0.1, 0.15) is 23.0 Å². The number of aliphatic imine (C=N–C) groups is 2. The lowest BCUT2D eigenvalue weighted by Gasteiger charge is -2.25. The third-order valence-electron chi connectivity index (χ3n) is 2.59. The standard InChI is InChI=1S/C13H19N5O/c1-6-14-11(3)16-9-17(4)18(5)13(19)12-10(2)7-8-15-12/h6-9,15H,3H2,1-2,4-5H3/b14-6-,16-9-. The van der Waals surface area contributed by atoms with Gasteiger partial charge in [0.1, 0.15) is 17.9 Å². The van der Waals surface area contributed by atoms with Crippen molar-refractivity contribution in [1.29, 1.82) is 0 Å². The molecule has 0 saturated heterocycles. The summed E-state index contributed by atoms with van der Waals surface area (Å²) in [5, 5.41) is 3.02. The summed E-state index contributed by atoms with van der Waals surface area (Å²) in [6.45, 7) is 7.32. The van der Waals surface area contributed by atoms with E-state index in [0.29, 0.717) is 11.5 Å². The second kappa shape index (κ2) is 6.53. The molecule has 102 valence electrons. The Morgan fingerprint density at radius 1 is 1.42 bits per heavy atom. The van der Waals surface area contributed by atoms with Crippen LogP contribution in [-0.4, -0.2) is 47.6 Å². The van der Waals surface area contributed by atoms with Crippen LogP contribution in [0.25, 0.3) is 0 Å². The van der Waals surface area contributed by atoms with Crippen LogP contribution in [0.5, 0.6) is 0 Å². The van der Waals surface area contributed by atoms with Gasteiger partial charge in [-0.1, -0.05) is 6.58 Å². The lowest BCUT2D eigenvalue weighted by Crippen LogP contribution is -2.40. The molecule has 1 amide bonds. The van der Waals surface area contributed by atoms with Crippen LogP contribution in [-0.2, 0) is 0 Å². The van der Waals surface area contributed by atoms with Crippen LogP contribution >= 0.6 is 0 Å². The summed E-state index contributed by atoms with van der Waals surface area (Å²) in [6.07, 6.45) is 4.84. The largest absolute Gasteiger partial charge is 0.357 e. The molecule has 1 rings (SSSR count). The van der Waals surface area contributed by atoms with E-state index in [4.69, 9.17) is 0 Å². The first-order valence-electron chi connectivity index (χ1n) is 5.84. The van der Waals surface area contributed by atoms with Gasteiger partial charge < -0.3 is 4.98 Å². The summed E-state index contributed by atoms with van der Waals surface area (Å²) in [4.78, 5) is 23.0. The fraction of sp³-hybridized carbons (Fsp3) is 0.308. The van der Waals surface area contributed by atoms with Crippen molar-refractivity contribution in [3.05, 3.63) is 35.9 Å². The summed E-state index contributed by atoms with van der Waals surface area (Å²) in [5.74, 6) is 0.243. The predicted molar refractivity (Wildman–Crippen MR) is 77.2 cm³/mol. The van der Waals surface area contributed by atoms with Gasteiger partial charge in [0.2, 0.25) is 0 Å².